The maximum absolute atomic E-state index is 11.8. The second-order valence-corrected chi connectivity index (χ2v) is 5.28. The monoisotopic (exact) mass is 239 g/mol. The Morgan fingerprint density at radius 1 is 1.62 bits per heavy atom. The van der Waals surface area contributed by atoms with E-state index in [1.807, 2.05) is 6.92 Å². The molecule has 1 aliphatic rings. The molecule has 1 heterocycles. The highest BCUT2D eigenvalue weighted by atomic mass is 32.1. The predicted octanol–water partition coefficient (Wildman–Crippen LogP) is 2.95. The first-order valence-corrected chi connectivity index (χ1v) is 6.55. The van der Waals surface area contributed by atoms with E-state index in [4.69, 9.17) is 10.5 Å². The van der Waals surface area contributed by atoms with Gasteiger partial charge in [0.05, 0.1) is 12.2 Å². The molecule has 0 saturated carbocycles. The van der Waals surface area contributed by atoms with Crippen molar-refractivity contribution in [1.82, 2.24) is 0 Å². The number of carbonyl (C=O) groups is 1. The van der Waals surface area contributed by atoms with E-state index in [0.717, 1.165) is 18.4 Å². The summed E-state index contributed by atoms with van der Waals surface area (Å²) < 4.78 is 5.06. The van der Waals surface area contributed by atoms with Gasteiger partial charge in [-0.15, -0.1) is 11.3 Å². The van der Waals surface area contributed by atoms with Gasteiger partial charge in [0, 0.05) is 4.88 Å². The summed E-state index contributed by atoms with van der Waals surface area (Å²) >= 11 is 1.56. The van der Waals surface area contributed by atoms with Crippen LogP contribution in [0.25, 0.3) is 0 Å². The number of ether oxygens (including phenoxy) is 1. The van der Waals surface area contributed by atoms with E-state index < -0.39 is 0 Å². The van der Waals surface area contributed by atoms with Crippen LogP contribution in [0.4, 0.5) is 5.00 Å². The van der Waals surface area contributed by atoms with Crippen LogP contribution in [-0.2, 0) is 11.2 Å². The molecular formula is C12H17NO2S. The van der Waals surface area contributed by atoms with Gasteiger partial charge in [-0.2, -0.15) is 0 Å². The van der Waals surface area contributed by atoms with Crippen LogP contribution in [-0.4, -0.2) is 12.6 Å². The zero-order valence-electron chi connectivity index (χ0n) is 9.71. The molecule has 1 aromatic heterocycles. The van der Waals surface area contributed by atoms with Crippen LogP contribution >= 0.6 is 11.3 Å². The molecule has 1 aromatic rings. The zero-order valence-corrected chi connectivity index (χ0v) is 10.5. The highest BCUT2D eigenvalue weighted by Gasteiger charge is 2.28. The Morgan fingerprint density at radius 3 is 3.06 bits per heavy atom. The molecule has 1 unspecified atom stereocenters. The molecule has 1 atom stereocenters. The largest absolute Gasteiger partial charge is 0.462 e. The average molecular weight is 239 g/mol. The number of fused-ring (bicyclic) bond motifs is 1. The Labute approximate surface area is 99.6 Å². The summed E-state index contributed by atoms with van der Waals surface area (Å²) in [5.74, 6) is 0.269. The van der Waals surface area contributed by atoms with Crippen LogP contribution in [0.2, 0.25) is 0 Å². The minimum absolute atomic E-state index is 0.258. The van der Waals surface area contributed by atoms with Gasteiger partial charge in [0.1, 0.15) is 5.00 Å². The minimum Gasteiger partial charge on any atom is -0.462 e. The number of thiophene rings is 1. The number of rotatable bonds is 2. The number of nitrogens with two attached hydrogens (primary N) is 1. The smallest absolute Gasteiger partial charge is 0.341 e. The number of nitrogen functional groups attached to an aromatic ring is 1. The number of carbonyl (C=O) groups excluding carboxylic acids is 1. The van der Waals surface area contributed by atoms with Gasteiger partial charge in [-0.1, -0.05) is 6.92 Å². The molecule has 0 radical (unpaired) electrons. The summed E-state index contributed by atoms with van der Waals surface area (Å²) in [6.07, 6.45) is 3.29. The molecular weight excluding hydrogens is 222 g/mol. The summed E-state index contributed by atoms with van der Waals surface area (Å²) in [5, 5.41) is 0.622. The topological polar surface area (TPSA) is 52.3 Å². The second-order valence-electron chi connectivity index (χ2n) is 4.20. The van der Waals surface area contributed by atoms with Gasteiger partial charge in [-0.05, 0) is 37.7 Å². The highest BCUT2D eigenvalue weighted by Crippen LogP contribution is 2.42. The van der Waals surface area contributed by atoms with Crippen molar-refractivity contribution in [2.24, 2.45) is 0 Å². The fraction of sp³-hybridized carbons (Fsp3) is 0.583. The van der Waals surface area contributed by atoms with Crippen LogP contribution in [0, 0.1) is 0 Å². The van der Waals surface area contributed by atoms with Crippen molar-refractivity contribution in [2.45, 2.75) is 39.0 Å². The van der Waals surface area contributed by atoms with Crippen molar-refractivity contribution in [2.75, 3.05) is 12.3 Å². The van der Waals surface area contributed by atoms with Gasteiger partial charge in [-0.25, -0.2) is 4.79 Å². The average Bonchev–Trinajstić information content (AvgIpc) is 2.56. The molecule has 4 heteroatoms. The van der Waals surface area contributed by atoms with Crippen molar-refractivity contribution < 1.29 is 9.53 Å². The first kappa shape index (κ1) is 11.5. The third-order valence-corrected chi connectivity index (χ3v) is 4.35. The van der Waals surface area contributed by atoms with E-state index in [9.17, 15) is 4.79 Å². The van der Waals surface area contributed by atoms with E-state index >= 15 is 0 Å². The lowest BCUT2D eigenvalue weighted by Gasteiger charge is -2.18. The molecule has 16 heavy (non-hydrogen) atoms. The molecule has 0 aromatic carbocycles. The van der Waals surface area contributed by atoms with E-state index in [1.165, 1.54) is 11.3 Å². The minimum atomic E-state index is -0.258. The van der Waals surface area contributed by atoms with Crippen molar-refractivity contribution >= 4 is 22.3 Å². The molecule has 88 valence electrons. The number of esters is 1. The maximum atomic E-state index is 11.8. The lowest BCUT2D eigenvalue weighted by molar-refractivity contribution is 0.0526. The summed E-state index contributed by atoms with van der Waals surface area (Å²) in [5.41, 5.74) is 7.70. The van der Waals surface area contributed by atoms with E-state index in [1.54, 1.807) is 11.3 Å². The van der Waals surface area contributed by atoms with Gasteiger partial charge >= 0.3 is 5.97 Å². The Balaban J connectivity index is 2.42. The standard InChI is InChI=1S/C12H17NO2S/c1-3-15-12(14)9-8-6-4-5-7(2)10(8)16-11(9)13/h7H,3-6,13H2,1-2H3. The van der Waals surface area contributed by atoms with Gasteiger partial charge < -0.3 is 10.5 Å². The highest BCUT2D eigenvalue weighted by molar-refractivity contribution is 7.16. The lowest BCUT2D eigenvalue weighted by Crippen LogP contribution is -2.11. The molecule has 2 N–H and O–H groups in total. The summed E-state index contributed by atoms with van der Waals surface area (Å²) in [6, 6.07) is 0. The fourth-order valence-corrected chi connectivity index (χ4v) is 3.48. The SMILES string of the molecule is CCOC(=O)c1c(N)sc2c1CCCC2C. The van der Waals surface area contributed by atoms with Gasteiger partial charge in [0.15, 0.2) is 0 Å². The maximum Gasteiger partial charge on any atom is 0.341 e. The zero-order chi connectivity index (χ0) is 11.7. The summed E-state index contributed by atoms with van der Waals surface area (Å²) in [4.78, 5) is 13.1. The number of anilines is 1. The lowest BCUT2D eigenvalue weighted by atomic mass is 9.88. The number of hydrogen-bond donors (Lipinski definition) is 1. The van der Waals surface area contributed by atoms with Crippen molar-refractivity contribution in [1.29, 1.82) is 0 Å². The Hall–Kier alpha value is -1.03. The molecule has 0 spiro atoms. The Bertz CT molecular complexity index is 411. The number of hydrogen-bond acceptors (Lipinski definition) is 4. The van der Waals surface area contributed by atoms with Gasteiger partial charge in [0.2, 0.25) is 0 Å². The van der Waals surface area contributed by atoms with Crippen LogP contribution < -0.4 is 5.73 Å². The van der Waals surface area contributed by atoms with Crippen molar-refractivity contribution in [3.8, 4) is 0 Å². The molecule has 0 aliphatic heterocycles. The molecule has 0 amide bonds. The molecule has 1 aliphatic carbocycles. The van der Waals surface area contributed by atoms with Gasteiger partial charge in [-0.3, -0.25) is 0 Å². The molecule has 3 nitrogen and oxygen atoms in total. The molecule has 0 bridgehead atoms. The molecule has 0 saturated heterocycles. The summed E-state index contributed by atoms with van der Waals surface area (Å²) in [6.45, 7) is 4.41. The summed E-state index contributed by atoms with van der Waals surface area (Å²) in [7, 11) is 0. The third kappa shape index (κ3) is 1.82. The molecule has 2 rings (SSSR count). The van der Waals surface area contributed by atoms with Crippen LogP contribution in [0.5, 0.6) is 0 Å². The van der Waals surface area contributed by atoms with Crippen molar-refractivity contribution in [3.63, 3.8) is 0 Å². The normalized spacial score (nSPS) is 19.2. The van der Waals surface area contributed by atoms with E-state index in [2.05, 4.69) is 6.92 Å². The first-order chi connectivity index (χ1) is 7.65. The second kappa shape index (κ2) is 4.45. The molecule has 0 fully saturated rings. The van der Waals surface area contributed by atoms with Gasteiger partial charge in [0.25, 0.3) is 0 Å². The predicted molar refractivity (Wildman–Crippen MR) is 66.0 cm³/mol. The third-order valence-electron chi connectivity index (χ3n) is 3.06. The van der Waals surface area contributed by atoms with Crippen LogP contribution in [0.15, 0.2) is 0 Å². The van der Waals surface area contributed by atoms with E-state index in [0.29, 0.717) is 23.1 Å². The Kier molecular flexibility index (Phi) is 3.19. The quantitative estimate of drug-likeness (QED) is 0.807. The Morgan fingerprint density at radius 2 is 2.38 bits per heavy atom. The first-order valence-electron chi connectivity index (χ1n) is 5.73. The fourth-order valence-electron chi connectivity index (χ4n) is 2.29. The van der Waals surface area contributed by atoms with Crippen LogP contribution in [0.1, 0.15) is 53.4 Å². The van der Waals surface area contributed by atoms with E-state index in [-0.39, 0.29) is 5.97 Å². The van der Waals surface area contributed by atoms with Crippen molar-refractivity contribution in [3.05, 3.63) is 16.0 Å². The van der Waals surface area contributed by atoms with Crippen LogP contribution in [0.3, 0.4) is 0 Å².